The lowest BCUT2D eigenvalue weighted by molar-refractivity contribution is -0.126. The van der Waals surface area contributed by atoms with Crippen molar-refractivity contribution >= 4 is 18.5 Å². The Morgan fingerprint density at radius 1 is 1.16 bits per heavy atom. The van der Waals surface area contributed by atoms with E-state index in [9.17, 15) is 9.90 Å². The SMILES string of the molecule is Cc1cccc2c1CC[C@H]2NC(=O)C(CC1=CC=CCC1)CC(O)Cc1ccccc1S. The van der Waals surface area contributed by atoms with E-state index < -0.39 is 6.10 Å². The number of aliphatic hydroxyl groups is 1. The Labute approximate surface area is 197 Å². The molecule has 4 heteroatoms. The van der Waals surface area contributed by atoms with Crippen molar-refractivity contribution in [3.63, 3.8) is 0 Å². The number of carbonyl (C=O) groups is 1. The Kier molecular flexibility index (Phi) is 7.54. The number of hydrogen-bond acceptors (Lipinski definition) is 3. The zero-order valence-electron chi connectivity index (χ0n) is 18.8. The summed E-state index contributed by atoms with van der Waals surface area (Å²) in [6.45, 7) is 2.14. The van der Waals surface area contributed by atoms with Crippen LogP contribution >= 0.6 is 12.6 Å². The molecular weight excluding hydrogens is 414 g/mol. The van der Waals surface area contributed by atoms with E-state index in [2.05, 4.69) is 61.3 Å². The molecule has 2 aromatic carbocycles. The first-order valence-corrected chi connectivity index (χ1v) is 12.1. The lowest BCUT2D eigenvalue weighted by atomic mass is 9.87. The number of fused-ring (bicyclic) bond motifs is 1. The van der Waals surface area contributed by atoms with Crippen LogP contribution in [0.3, 0.4) is 0 Å². The molecule has 168 valence electrons. The molecule has 0 aliphatic heterocycles. The Bertz CT molecular complexity index is 1030. The van der Waals surface area contributed by atoms with Crippen molar-refractivity contribution in [1.82, 2.24) is 5.32 Å². The predicted molar refractivity (Wildman–Crippen MR) is 133 cm³/mol. The van der Waals surface area contributed by atoms with Gasteiger partial charge in [0.05, 0.1) is 12.1 Å². The molecule has 0 bridgehead atoms. The highest BCUT2D eigenvalue weighted by Crippen LogP contribution is 2.34. The lowest BCUT2D eigenvalue weighted by Crippen LogP contribution is -2.35. The second kappa shape index (κ2) is 10.5. The molecule has 0 saturated heterocycles. The molecule has 2 aliphatic rings. The molecule has 32 heavy (non-hydrogen) atoms. The maximum Gasteiger partial charge on any atom is 0.224 e. The topological polar surface area (TPSA) is 49.3 Å². The number of benzene rings is 2. The summed E-state index contributed by atoms with van der Waals surface area (Å²) in [5.74, 6) is -0.193. The van der Waals surface area contributed by atoms with Gasteiger partial charge in [0.25, 0.3) is 0 Å². The van der Waals surface area contributed by atoms with Crippen LogP contribution in [0, 0.1) is 12.8 Å². The minimum atomic E-state index is -0.586. The van der Waals surface area contributed by atoms with E-state index in [1.165, 1.54) is 22.3 Å². The summed E-state index contributed by atoms with van der Waals surface area (Å²) in [5, 5.41) is 14.2. The van der Waals surface area contributed by atoms with Gasteiger partial charge in [0.15, 0.2) is 0 Å². The molecule has 1 amide bonds. The lowest BCUT2D eigenvalue weighted by Gasteiger charge is -2.24. The summed E-state index contributed by atoms with van der Waals surface area (Å²) in [7, 11) is 0. The highest BCUT2D eigenvalue weighted by molar-refractivity contribution is 7.80. The van der Waals surface area contributed by atoms with E-state index in [0.29, 0.717) is 19.3 Å². The zero-order valence-corrected chi connectivity index (χ0v) is 19.7. The number of aliphatic hydroxyl groups excluding tert-OH is 1. The maximum atomic E-state index is 13.4. The van der Waals surface area contributed by atoms with Gasteiger partial charge in [-0.1, -0.05) is 60.2 Å². The zero-order chi connectivity index (χ0) is 22.5. The summed E-state index contributed by atoms with van der Waals surface area (Å²) < 4.78 is 0. The molecule has 0 aromatic heterocycles. The van der Waals surface area contributed by atoms with Crippen molar-refractivity contribution in [1.29, 1.82) is 0 Å². The van der Waals surface area contributed by atoms with Gasteiger partial charge in [0, 0.05) is 10.8 Å². The van der Waals surface area contributed by atoms with Gasteiger partial charge in [-0.25, -0.2) is 0 Å². The summed E-state index contributed by atoms with van der Waals surface area (Å²) in [5.41, 5.74) is 6.23. The van der Waals surface area contributed by atoms with Gasteiger partial charge < -0.3 is 10.4 Å². The Hall–Kier alpha value is -2.30. The van der Waals surface area contributed by atoms with Gasteiger partial charge in [0.2, 0.25) is 5.91 Å². The third kappa shape index (κ3) is 5.54. The fourth-order valence-electron chi connectivity index (χ4n) is 5.05. The van der Waals surface area contributed by atoms with Crippen molar-refractivity contribution in [3.05, 3.63) is 88.5 Å². The highest BCUT2D eigenvalue weighted by Gasteiger charge is 2.29. The molecule has 2 N–H and O–H groups in total. The normalized spacial score (nSPS) is 19.2. The molecule has 3 nitrogen and oxygen atoms in total. The number of hydrogen-bond donors (Lipinski definition) is 3. The third-order valence-corrected chi connectivity index (χ3v) is 7.24. The number of aryl methyl sites for hydroxylation is 1. The van der Waals surface area contributed by atoms with Gasteiger partial charge in [0.1, 0.15) is 0 Å². The Morgan fingerprint density at radius 2 is 2.00 bits per heavy atom. The van der Waals surface area contributed by atoms with Crippen LogP contribution in [-0.2, 0) is 17.6 Å². The minimum Gasteiger partial charge on any atom is -0.393 e. The van der Waals surface area contributed by atoms with Crippen LogP contribution in [0.5, 0.6) is 0 Å². The van der Waals surface area contributed by atoms with Gasteiger partial charge >= 0.3 is 0 Å². The van der Waals surface area contributed by atoms with Crippen LogP contribution < -0.4 is 5.32 Å². The monoisotopic (exact) mass is 447 g/mol. The Morgan fingerprint density at radius 3 is 2.78 bits per heavy atom. The van der Waals surface area contributed by atoms with E-state index >= 15 is 0 Å². The summed E-state index contributed by atoms with van der Waals surface area (Å²) in [6.07, 6.45) is 11.4. The van der Waals surface area contributed by atoms with Crippen molar-refractivity contribution in [2.24, 2.45) is 5.92 Å². The average molecular weight is 448 g/mol. The quantitative estimate of drug-likeness (QED) is 0.457. The van der Waals surface area contributed by atoms with Gasteiger partial charge in [-0.15, -0.1) is 12.6 Å². The van der Waals surface area contributed by atoms with Crippen LogP contribution in [0.2, 0.25) is 0 Å². The molecule has 0 saturated carbocycles. The molecule has 3 atom stereocenters. The largest absolute Gasteiger partial charge is 0.393 e. The maximum absolute atomic E-state index is 13.4. The standard InChI is InChI=1S/C28H33NO2S/c1-19-8-7-12-25-24(19)14-15-26(25)29-28(31)22(16-20-9-3-2-4-10-20)18-23(30)17-21-11-5-6-13-27(21)32/h2-3,5-9,11-13,22-23,26,30,32H,4,10,14-18H2,1H3,(H,29,31)/t22?,23?,26-/m1/s1. The van der Waals surface area contributed by atoms with E-state index in [1.54, 1.807) is 0 Å². The predicted octanol–water partition coefficient (Wildman–Crippen LogP) is 5.66. The Balaban J connectivity index is 1.47. The van der Waals surface area contributed by atoms with E-state index in [1.807, 2.05) is 24.3 Å². The molecule has 0 spiro atoms. The summed E-state index contributed by atoms with van der Waals surface area (Å²) in [6, 6.07) is 14.3. The van der Waals surface area contributed by atoms with Crippen molar-refractivity contribution in [2.45, 2.75) is 68.9 Å². The van der Waals surface area contributed by atoms with Gasteiger partial charge in [-0.3, -0.25) is 4.79 Å². The fourth-order valence-corrected chi connectivity index (χ4v) is 5.30. The van der Waals surface area contributed by atoms with E-state index in [0.717, 1.165) is 36.1 Å². The van der Waals surface area contributed by atoms with Crippen molar-refractivity contribution in [3.8, 4) is 0 Å². The van der Waals surface area contributed by atoms with Crippen LogP contribution in [0.4, 0.5) is 0 Å². The van der Waals surface area contributed by atoms with Crippen LogP contribution in [0.1, 0.15) is 60.4 Å². The molecule has 0 radical (unpaired) electrons. The molecule has 2 unspecified atom stereocenters. The van der Waals surface area contributed by atoms with Gasteiger partial charge in [-0.05, 0) is 80.2 Å². The molecule has 2 aromatic rings. The number of thiol groups is 1. The van der Waals surface area contributed by atoms with E-state index in [4.69, 9.17) is 0 Å². The first kappa shape index (κ1) is 22.9. The third-order valence-electron chi connectivity index (χ3n) is 6.80. The second-order valence-corrected chi connectivity index (χ2v) is 9.64. The molecule has 0 fully saturated rings. The van der Waals surface area contributed by atoms with Gasteiger partial charge in [-0.2, -0.15) is 0 Å². The molecular formula is C28H33NO2S. The second-order valence-electron chi connectivity index (χ2n) is 9.16. The highest BCUT2D eigenvalue weighted by atomic mass is 32.1. The molecule has 2 aliphatic carbocycles. The van der Waals surface area contributed by atoms with Crippen LogP contribution in [0.15, 0.2) is 71.2 Å². The first-order chi connectivity index (χ1) is 15.5. The minimum absolute atomic E-state index is 0.0537. The number of amides is 1. The summed E-state index contributed by atoms with van der Waals surface area (Å²) in [4.78, 5) is 14.3. The molecule has 4 rings (SSSR count). The van der Waals surface area contributed by atoms with Crippen LogP contribution in [0.25, 0.3) is 0 Å². The number of carbonyl (C=O) groups excluding carboxylic acids is 1. The summed E-state index contributed by atoms with van der Waals surface area (Å²) >= 11 is 4.51. The molecule has 0 heterocycles. The van der Waals surface area contributed by atoms with Crippen molar-refractivity contribution < 1.29 is 9.90 Å². The number of allylic oxidation sites excluding steroid dienone is 4. The van der Waals surface area contributed by atoms with Crippen LogP contribution in [-0.4, -0.2) is 17.1 Å². The number of nitrogens with one attached hydrogen (secondary N) is 1. The number of rotatable bonds is 8. The first-order valence-electron chi connectivity index (χ1n) is 11.7. The fraction of sp³-hybridized carbons (Fsp3) is 0.393. The van der Waals surface area contributed by atoms with Crippen molar-refractivity contribution in [2.75, 3.05) is 0 Å². The van der Waals surface area contributed by atoms with E-state index in [-0.39, 0.29) is 17.9 Å². The average Bonchev–Trinajstić information content (AvgIpc) is 3.20. The smallest absolute Gasteiger partial charge is 0.224 e.